The summed E-state index contributed by atoms with van der Waals surface area (Å²) in [6, 6.07) is 17.7. The van der Waals surface area contributed by atoms with Crippen molar-refractivity contribution in [1.29, 1.82) is 0 Å². The molecular formula is C29H21BrClNO4S2. The first-order valence-corrected chi connectivity index (χ1v) is 14.7. The number of ketones is 2. The summed E-state index contributed by atoms with van der Waals surface area (Å²) in [4.78, 5) is 40.4. The van der Waals surface area contributed by atoms with Gasteiger partial charge in [0, 0.05) is 32.2 Å². The zero-order valence-corrected chi connectivity index (χ0v) is 24.4. The molecular weight excluding hydrogens is 606 g/mol. The molecule has 3 heterocycles. The molecule has 5 nitrogen and oxygen atoms in total. The first-order chi connectivity index (χ1) is 18.3. The van der Waals surface area contributed by atoms with Crippen molar-refractivity contribution in [2.45, 2.75) is 18.1 Å². The van der Waals surface area contributed by atoms with E-state index in [1.54, 1.807) is 43.3 Å². The number of Topliss-reactive ketones (excluding diaryl/α,β-unsaturated/α-hetero) is 1. The van der Waals surface area contributed by atoms with E-state index in [4.69, 9.17) is 16.3 Å². The normalized spacial score (nSPS) is 11.3. The highest BCUT2D eigenvalue weighted by Crippen LogP contribution is 2.44. The van der Waals surface area contributed by atoms with Gasteiger partial charge in [-0.1, -0.05) is 39.7 Å². The molecule has 5 aromatic rings. The predicted molar refractivity (Wildman–Crippen MR) is 158 cm³/mol. The topological polar surface area (TPSA) is 64.9 Å². The summed E-state index contributed by atoms with van der Waals surface area (Å²) >= 11 is 12.1. The number of ether oxygens (including phenoxy) is 1. The van der Waals surface area contributed by atoms with Crippen LogP contribution in [0, 0.1) is 6.92 Å². The number of nitrogens with zero attached hydrogens (tertiary/aromatic N) is 1. The average molecular weight is 627 g/mol. The van der Waals surface area contributed by atoms with Crippen LogP contribution >= 0.6 is 50.6 Å². The molecule has 3 aromatic heterocycles. The second-order valence-corrected chi connectivity index (χ2v) is 12.2. The first-order valence-electron chi connectivity index (χ1n) is 11.7. The fourth-order valence-electron chi connectivity index (χ4n) is 4.22. The summed E-state index contributed by atoms with van der Waals surface area (Å²) in [6.45, 7) is 3.90. The van der Waals surface area contributed by atoms with Crippen LogP contribution in [-0.4, -0.2) is 34.3 Å². The van der Waals surface area contributed by atoms with Crippen LogP contribution in [-0.2, 0) is 4.74 Å². The van der Waals surface area contributed by atoms with Crippen LogP contribution in [0.2, 0.25) is 5.02 Å². The molecule has 192 valence electrons. The Hall–Kier alpha value is -2.91. The van der Waals surface area contributed by atoms with E-state index >= 15 is 0 Å². The number of pyridine rings is 1. The lowest BCUT2D eigenvalue weighted by atomic mass is 10.1. The molecule has 0 bridgehead atoms. The molecule has 0 unspecified atom stereocenters. The average Bonchev–Trinajstić information content (AvgIpc) is 3.43. The number of hydrogen-bond acceptors (Lipinski definition) is 6. The molecule has 0 aliphatic rings. The molecule has 0 N–H and O–H groups in total. The Kier molecular flexibility index (Phi) is 7.77. The van der Waals surface area contributed by atoms with Gasteiger partial charge in [0.15, 0.2) is 5.78 Å². The fraction of sp³-hybridized carbons (Fsp3) is 0.138. The van der Waals surface area contributed by atoms with Crippen molar-refractivity contribution in [2.75, 3.05) is 12.4 Å². The number of esters is 1. The van der Waals surface area contributed by atoms with Gasteiger partial charge in [-0.2, -0.15) is 0 Å². The summed E-state index contributed by atoms with van der Waals surface area (Å²) < 4.78 is 9.02. The van der Waals surface area contributed by atoms with Crippen LogP contribution in [0.25, 0.3) is 16.4 Å². The number of fused-ring (bicyclic) bond motifs is 3. The van der Waals surface area contributed by atoms with Crippen molar-refractivity contribution in [3.63, 3.8) is 0 Å². The minimum absolute atomic E-state index is 0.0306. The van der Waals surface area contributed by atoms with Crippen molar-refractivity contribution in [1.82, 2.24) is 4.40 Å². The maximum absolute atomic E-state index is 13.8. The van der Waals surface area contributed by atoms with Gasteiger partial charge in [0.2, 0.25) is 5.78 Å². The van der Waals surface area contributed by atoms with Gasteiger partial charge in [-0.15, -0.1) is 23.1 Å². The number of halogens is 2. The largest absolute Gasteiger partial charge is 0.462 e. The van der Waals surface area contributed by atoms with Crippen LogP contribution < -0.4 is 0 Å². The van der Waals surface area contributed by atoms with Crippen molar-refractivity contribution < 1.29 is 19.1 Å². The number of hydrogen-bond donors (Lipinski definition) is 0. The summed E-state index contributed by atoms with van der Waals surface area (Å²) in [5.74, 6) is -0.562. The van der Waals surface area contributed by atoms with Crippen molar-refractivity contribution in [3.05, 3.63) is 103 Å². The second-order valence-electron chi connectivity index (χ2n) is 8.55. The SMILES string of the molecule is CCOC(=O)c1c2c(C(=O)c3ccc(Cl)cc3)sc(SCC(=O)c3ccc(Br)cc3)c2n2ccc(C)cc12. The maximum atomic E-state index is 13.8. The lowest BCUT2D eigenvalue weighted by Crippen LogP contribution is -2.06. The predicted octanol–water partition coefficient (Wildman–Crippen LogP) is 8.26. The summed E-state index contributed by atoms with van der Waals surface area (Å²) in [7, 11) is 0. The van der Waals surface area contributed by atoms with Gasteiger partial charge in [0.25, 0.3) is 0 Å². The molecule has 0 atom stereocenters. The Balaban J connectivity index is 1.69. The van der Waals surface area contributed by atoms with Crippen molar-refractivity contribution >= 4 is 84.6 Å². The number of aryl methyl sites for hydroxylation is 1. The Morgan fingerprint density at radius 2 is 1.71 bits per heavy atom. The van der Waals surface area contributed by atoms with Gasteiger partial charge in [-0.05, 0) is 67.9 Å². The van der Waals surface area contributed by atoms with E-state index in [0.717, 1.165) is 19.8 Å². The van der Waals surface area contributed by atoms with Crippen LogP contribution in [0.3, 0.4) is 0 Å². The van der Waals surface area contributed by atoms with Gasteiger partial charge in [0.1, 0.15) is 0 Å². The summed E-state index contributed by atoms with van der Waals surface area (Å²) in [6.07, 6.45) is 1.89. The third kappa shape index (κ3) is 5.06. The minimum atomic E-state index is -0.490. The standard InChI is InChI=1S/C29H21BrClNO4S2/c1-3-36-28(35)23-21-14-16(2)12-13-32(21)25-24(23)27(26(34)18-6-10-20(31)11-7-18)38-29(25)37-15-22(33)17-4-8-19(30)9-5-17/h4-14H,3,15H2,1-2H3. The number of thiophene rings is 1. The van der Waals surface area contributed by atoms with E-state index in [1.807, 2.05) is 41.8 Å². The summed E-state index contributed by atoms with van der Waals surface area (Å²) in [5.41, 5.74) is 3.77. The maximum Gasteiger partial charge on any atom is 0.341 e. The lowest BCUT2D eigenvalue weighted by molar-refractivity contribution is 0.0530. The molecule has 2 aromatic carbocycles. The number of benzene rings is 2. The molecule has 0 aliphatic heterocycles. The Labute approximate surface area is 240 Å². The highest BCUT2D eigenvalue weighted by atomic mass is 79.9. The van der Waals surface area contributed by atoms with Crippen LogP contribution in [0.5, 0.6) is 0 Å². The summed E-state index contributed by atoms with van der Waals surface area (Å²) in [5, 5.41) is 1.07. The van der Waals surface area contributed by atoms with Crippen LogP contribution in [0.1, 0.15) is 48.4 Å². The minimum Gasteiger partial charge on any atom is -0.462 e. The van der Waals surface area contributed by atoms with Crippen LogP contribution in [0.4, 0.5) is 0 Å². The van der Waals surface area contributed by atoms with Gasteiger partial charge in [-0.25, -0.2) is 4.79 Å². The molecule has 0 radical (unpaired) electrons. The Morgan fingerprint density at radius 1 is 1.03 bits per heavy atom. The highest BCUT2D eigenvalue weighted by Gasteiger charge is 2.30. The molecule has 0 spiro atoms. The van der Waals surface area contributed by atoms with Gasteiger partial charge in [-0.3, -0.25) is 9.59 Å². The highest BCUT2D eigenvalue weighted by molar-refractivity contribution is 9.10. The van der Waals surface area contributed by atoms with E-state index in [1.165, 1.54) is 23.1 Å². The fourth-order valence-corrected chi connectivity index (χ4v) is 7.04. The Morgan fingerprint density at radius 3 is 2.39 bits per heavy atom. The first kappa shape index (κ1) is 26.7. The molecule has 0 fully saturated rings. The van der Waals surface area contributed by atoms with Gasteiger partial charge in [0.05, 0.1) is 38.0 Å². The van der Waals surface area contributed by atoms with E-state index in [0.29, 0.717) is 37.5 Å². The molecule has 9 heteroatoms. The smallest absolute Gasteiger partial charge is 0.341 e. The molecule has 0 saturated carbocycles. The van der Waals surface area contributed by atoms with Gasteiger partial charge >= 0.3 is 5.97 Å². The molecule has 38 heavy (non-hydrogen) atoms. The van der Waals surface area contributed by atoms with Crippen molar-refractivity contribution in [3.8, 4) is 0 Å². The number of aromatic nitrogens is 1. The molecule has 0 amide bonds. The van der Waals surface area contributed by atoms with Crippen molar-refractivity contribution in [2.24, 2.45) is 0 Å². The zero-order chi connectivity index (χ0) is 27.0. The number of thioether (sulfide) groups is 1. The third-order valence-corrected chi connectivity index (χ3v) is 9.22. The van der Waals surface area contributed by atoms with E-state index < -0.39 is 5.97 Å². The Bertz CT molecular complexity index is 1710. The number of rotatable bonds is 8. The second kappa shape index (κ2) is 11.1. The lowest BCUT2D eigenvalue weighted by Gasteiger charge is -2.05. The zero-order valence-electron chi connectivity index (χ0n) is 20.4. The number of carbonyl (C=O) groups excluding carboxylic acids is 3. The quantitative estimate of drug-likeness (QED) is 0.0986. The molecule has 0 aliphatic carbocycles. The number of carbonyl (C=O) groups is 3. The van der Waals surface area contributed by atoms with E-state index in [9.17, 15) is 14.4 Å². The molecule has 5 rings (SSSR count). The van der Waals surface area contributed by atoms with Gasteiger partial charge < -0.3 is 9.14 Å². The molecule has 0 saturated heterocycles. The van der Waals surface area contributed by atoms with E-state index in [-0.39, 0.29) is 23.9 Å². The monoisotopic (exact) mass is 625 g/mol. The third-order valence-electron chi connectivity index (χ3n) is 6.00. The van der Waals surface area contributed by atoms with Crippen LogP contribution in [0.15, 0.2) is 75.5 Å². The van der Waals surface area contributed by atoms with E-state index in [2.05, 4.69) is 15.9 Å².